The van der Waals surface area contributed by atoms with Crippen molar-refractivity contribution in [1.82, 2.24) is 9.62 Å². The molecule has 57 heavy (non-hydrogen) atoms. The van der Waals surface area contributed by atoms with Crippen LogP contribution in [0.1, 0.15) is 45.2 Å². The normalized spacial score (nSPS) is 20.8. The van der Waals surface area contributed by atoms with Crippen molar-refractivity contribution in [1.29, 1.82) is 0 Å². The van der Waals surface area contributed by atoms with Crippen LogP contribution in [0, 0.1) is 11.8 Å². The van der Waals surface area contributed by atoms with Gasteiger partial charge in [-0.3, -0.25) is 4.52 Å². The minimum Gasteiger partial charge on any atom is -0.497 e. The van der Waals surface area contributed by atoms with Crippen molar-refractivity contribution >= 4 is 23.6 Å². The maximum atomic E-state index is 13.9. The van der Waals surface area contributed by atoms with E-state index >= 15 is 0 Å². The number of ether oxygens (including phenoxy) is 5. The lowest BCUT2D eigenvalue weighted by atomic mass is 9.99. The number of fused-ring (bicyclic) bond motifs is 1. The number of para-hydroxylation sites is 1. The Morgan fingerprint density at radius 3 is 2.33 bits per heavy atom. The van der Waals surface area contributed by atoms with E-state index in [9.17, 15) is 22.9 Å². The van der Waals surface area contributed by atoms with Gasteiger partial charge in [0.1, 0.15) is 11.5 Å². The minimum absolute atomic E-state index is 0.000411. The third-order valence-electron chi connectivity index (χ3n) is 9.70. The van der Waals surface area contributed by atoms with Crippen LogP contribution >= 0.6 is 7.60 Å². The fourth-order valence-electron chi connectivity index (χ4n) is 6.75. The number of nitrogens with zero attached hydrogens (tertiary/aromatic N) is 1. The van der Waals surface area contributed by atoms with Gasteiger partial charge in [0.2, 0.25) is 10.0 Å². The summed E-state index contributed by atoms with van der Waals surface area (Å²) in [5.74, 6) is 0.300. The first-order valence-electron chi connectivity index (χ1n) is 19.5. The minimum atomic E-state index is -3.96. The summed E-state index contributed by atoms with van der Waals surface area (Å²) < 4.78 is 82.8. The smallest absolute Gasteiger partial charge is 0.381 e. The number of hydrogen-bond donors (Lipinski definition) is 2. The Morgan fingerprint density at radius 1 is 0.965 bits per heavy atom. The molecular weight excluding hydrogens is 775 g/mol. The van der Waals surface area contributed by atoms with Crippen molar-refractivity contribution in [3.8, 4) is 11.5 Å². The Hall–Kier alpha value is -3.37. The first kappa shape index (κ1) is 44.7. The fraction of sp³-hybridized carbons (Fsp3) is 0.537. The van der Waals surface area contributed by atoms with Gasteiger partial charge >= 0.3 is 13.6 Å². The first-order chi connectivity index (χ1) is 27.3. The Morgan fingerprint density at radius 2 is 1.67 bits per heavy atom. The van der Waals surface area contributed by atoms with E-state index in [1.807, 2.05) is 44.2 Å². The number of rotatable bonds is 23. The highest BCUT2D eigenvalue weighted by molar-refractivity contribution is 7.89. The Bertz CT molecular complexity index is 1850. The van der Waals surface area contributed by atoms with Gasteiger partial charge in [0, 0.05) is 38.5 Å². The molecule has 5 rings (SSSR count). The lowest BCUT2D eigenvalue weighted by molar-refractivity contribution is -0.150. The molecule has 0 amide bonds. The average Bonchev–Trinajstić information content (AvgIpc) is 3.82. The summed E-state index contributed by atoms with van der Waals surface area (Å²) in [5.41, 5.74) is 1.83. The molecule has 314 valence electrons. The monoisotopic (exact) mass is 832 g/mol. The lowest BCUT2D eigenvalue weighted by Gasteiger charge is -2.32. The predicted molar refractivity (Wildman–Crippen MR) is 214 cm³/mol. The van der Waals surface area contributed by atoms with E-state index in [-0.39, 0.29) is 61.5 Å². The molecule has 2 N–H and O–H groups in total. The number of aliphatic hydroxyl groups excluding tert-OH is 1. The molecule has 0 aliphatic carbocycles. The van der Waals surface area contributed by atoms with Crippen LogP contribution in [0.2, 0.25) is 0 Å². The van der Waals surface area contributed by atoms with Crippen molar-refractivity contribution in [3.63, 3.8) is 0 Å². The molecular formula is C41H57N2O12PS. The summed E-state index contributed by atoms with van der Waals surface area (Å²) in [6.45, 7) is 8.83. The van der Waals surface area contributed by atoms with Gasteiger partial charge in [-0.15, -0.1) is 0 Å². The van der Waals surface area contributed by atoms with E-state index in [1.165, 1.54) is 30.5 Å². The van der Waals surface area contributed by atoms with Crippen LogP contribution < -0.4 is 14.6 Å². The van der Waals surface area contributed by atoms with E-state index in [0.29, 0.717) is 37.7 Å². The SMILES string of the molecule is CCOC(=O)C(C)OP(=O)(CCNCc1ccc(CC(OC2COC3OCCC23)C(O)CN(CC(C)C)S(=O)(=O)c2ccc(OC)cc2)cc1)Oc1ccccc1. The second-order valence-electron chi connectivity index (χ2n) is 14.6. The third kappa shape index (κ3) is 12.8. The van der Waals surface area contributed by atoms with Crippen molar-refractivity contribution in [2.75, 3.05) is 52.7 Å². The molecule has 2 fully saturated rings. The molecule has 3 aromatic rings. The average molecular weight is 833 g/mol. The van der Waals surface area contributed by atoms with Gasteiger partial charge in [-0.25, -0.2) is 17.8 Å². The second-order valence-corrected chi connectivity index (χ2v) is 18.6. The second kappa shape index (κ2) is 21.1. The molecule has 0 spiro atoms. The zero-order valence-corrected chi connectivity index (χ0v) is 35.1. The van der Waals surface area contributed by atoms with Crippen molar-refractivity contribution in [2.24, 2.45) is 11.8 Å². The summed E-state index contributed by atoms with van der Waals surface area (Å²) in [4.78, 5) is 12.4. The van der Waals surface area contributed by atoms with Gasteiger partial charge in [-0.1, -0.05) is 56.3 Å². The molecule has 3 aromatic carbocycles. The number of aliphatic hydroxyl groups is 1. The first-order valence-corrected chi connectivity index (χ1v) is 22.6. The summed E-state index contributed by atoms with van der Waals surface area (Å²) in [6.07, 6.45) is -2.57. The van der Waals surface area contributed by atoms with E-state index in [4.69, 9.17) is 32.7 Å². The molecule has 7 atom stereocenters. The molecule has 2 heterocycles. The zero-order chi connectivity index (χ0) is 41.0. The Balaban J connectivity index is 1.24. The van der Waals surface area contributed by atoms with Crippen molar-refractivity contribution < 1.29 is 55.6 Å². The van der Waals surface area contributed by atoms with Gasteiger partial charge < -0.3 is 38.6 Å². The lowest BCUT2D eigenvalue weighted by Crippen LogP contribution is -2.46. The Kier molecular flexibility index (Phi) is 16.5. The van der Waals surface area contributed by atoms with Gasteiger partial charge in [-0.05, 0) is 73.7 Å². The topological polar surface area (TPSA) is 168 Å². The van der Waals surface area contributed by atoms with Crippen LogP contribution in [0.5, 0.6) is 11.5 Å². The van der Waals surface area contributed by atoms with E-state index in [0.717, 1.165) is 17.5 Å². The summed E-state index contributed by atoms with van der Waals surface area (Å²) in [5, 5.41) is 15.1. The highest BCUT2D eigenvalue weighted by atomic mass is 32.2. The molecule has 16 heteroatoms. The zero-order valence-electron chi connectivity index (χ0n) is 33.4. The number of esters is 1. The number of nitrogens with one attached hydrogen (secondary N) is 1. The maximum absolute atomic E-state index is 13.9. The highest BCUT2D eigenvalue weighted by Crippen LogP contribution is 2.49. The number of methoxy groups -OCH3 is 1. The number of hydrogen-bond acceptors (Lipinski definition) is 13. The maximum Gasteiger partial charge on any atom is 0.381 e. The quantitative estimate of drug-likeness (QED) is 0.0707. The van der Waals surface area contributed by atoms with Gasteiger partial charge in [0.15, 0.2) is 12.4 Å². The van der Waals surface area contributed by atoms with Crippen LogP contribution in [-0.2, 0) is 55.8 Å². The molecule has 0 radical (unpaired) electrons. The van der Waals surface area contributed by atoms with Crippen LogP contribution in [0.3, 0.4) is 0 Å². The van der Waals surface area contributed by atoms with E-state index in [2.05, 4.69) is 5.32 Å². The Labute approximate surface area is 336 Å². The summed E-state index contributed by atoms with van der Waals surface area (Å²) in [6, 6.07) is 22.7. The molecule has 0 bridgehead atoms. The molecule has 2 aliphatic rings. The summed E-state index contributed by atoms with van der Waals surface area (Å²) in [7, 11) is -6.21. The predicted octanol–water partition coefficient (Wildman–Crippen LogP) is 5.42. The molecule has 2 saturated heterocycles. The van der Waals surface area contributed by atoms with Gasteiger partial charge in [0.25, 0.3) is 0 Å². The van der Waals surface area contributed by atoms with Gasteiger partial charge in [-0.2, -0.15) is 4.31 Å². The van der Waals surface area contributed by atoms with Crippen LogP contribution in [0.4, 0.5) is 0 Å². The standard InChI is InChI=1S/C41H57N2O12PS/c1-6-50-40(45)30(4)54-56(46,55-34-10-8-7-9-11-34)23-21-42-25-32-14-12-31(13-15-32)24-38(53-39-28-52-41-36(39)20-22-51-41)37(44)27-43(26-29(2)3)57(47,48)35-18-16-33(49-5)17-19-35/h7-19,29-30,36-39,41-42,44H,6,20-28H2,1-5H3. The van der Waals surface area contributed by atoms with E-state index < -0.39 is 41.9 Å². The molecule has 0 saturated carbocycles. The van der Waals surface area contributed by atoms with Crippen LogP contribution in [0.15, 0.2) is 83.8 Å². The molecule has 2 aliphatic heterocycles. The largest absolute Gasteiger partial charge is 0.497 e. The molecule has 14 nitrogen and oxygen atoms in total. The molecule has 0 aromatic heterocycles. The number of carbonyl (C=O) groups is 1. The van der Waals surface area contributed by atoms with Crippen LogP contribution in [-0.4, -0.2) is 107 Å². The third-order valence-corrected chi connectivity index (χ3v) is 13.4. The number of sulfonamides is 1. The van der Waals surface area contributed by atoms with Crippen LogP contribution in [0.25, 0.3) is 0 Å². The van der Waals surface area contributed by atoms with Gasteiger partial charge in [0.05, 0.1) is 56.3 Å². The van der Waals surface area contributed by atoms with E-state index in [1.54, 1.807) is 43.3 Å². The summed E-state index contributed by atoms with van der Waals surface area (Å²) >= 11 is 0. The molecule has 7 unspecified atom stereocenters. The van der Waals surface area contributed by atoms with Crippen molar-refractivity contribution in [3.05, 3.63) is 90.0 Å². The number of benzene rings is 3. The van der Waals surface area contributed by atoms with Crippen molar-refractivity contribution in [2.45, 2.75) is 82.7 Å². The fourth-order valence-corrected chi connectivity index (χ4v) is 10.1. The number of carbonyl (C=O) groups excluding carboxylic acids is 1. The highest BCUT2D eigenvalue weighted by Gasteiger charge is 2.44.